The number of nitrogens with zero attached hydrogens (tertiary/aromatic N) is 2. The normalized spacial score (nSPS) is 22.2. The summed E-state index contributed by atoms with van der Waals surface area (Å²) in [6, 6.07) is 15.8. The number of nitro benzene ring substituents is 1. The molecule has 33 heavy (non-hydrogen) atoms. The monoisotopic (exact) mass is 475 g/mol. The van der Waals surface area contributed by atoms with Gasteiger partial charge in [0.05, 0.1) is 11.3 Å². The number of esters is 1. The molecule has 3 atom stereocenters. The Morgan fingerprint density at radius 1 is 1.12 bits per heavy atom. The highest BCUT2D eigenvalue weighted by Crippen LogP contribution is 2.39. The van der Waals surface area contributed by atoms with Gasteiger partial charge < -0.3 is 15.0 Å². The van der Waals surface area contributed by atoms with E-state index < -0.39 is 49.3 Å². The van der Waals surface area contributed by atoms with E-state index in [1.165, 1.54) is 24.3 Å². The Morgan fingerprint density at radius 2 is 1.67 bits per heavy atom. The van der Waals surface area contributed by atoms with Gasteiger partial charge in [-0.15, -0.1) is 0 Å². The number of non-ortho nitro benzene ring substituents is 1. The third kappa shape index (κ3) is 5.17. The lowest BCUT2D eigenvalue weighted by Crippen LogP contribution is -2.57. The molecule has 2 aliphatic heterocycles. The summed E-state index contributed by atoms with van der Waals surface area (Å²) in [5.74, 6) is -2.16. The maximum absolute atomic E-state index is 12.5. The van der Waals surface area contributed by atoms with E-state index in [0.29, 0.717) is 5.56 Å². The smallest absolute Gasteiger partial charge is 0.332 e. The third-order valence-electron chi connectivity index (χ3n) is 5.05. The zero-order chi connectivity index (χ0) is 24.2. The van der Waals surface area contributed by atoms with Crippen molar-refractivity contribution in [3.8, 4) is 0 Å². The van der Waals surface area contributed by atoms with Gasteiger partial charge in [-0.05, 0) is 17.7 Å². The minimum Gasteiger partial charge on any atom is -0.459 e. The first-order valence-electron chi connectivity index (χ1n) is 9.84. The molecule has 174 valence electrons. The van der Waals surface area contributed by atoms with E-state index in [1.54, 1.807) is 0 Å². The number of carbonyl (C=O) groups excluding carboxylic acids is 3. The Labute approximate surface area is 189 Å². The van der Waals surface area contributed by atoms with Gasteiger partial charge in [0.15, 0.2) is 21.3 Å². The predicted octanol–water partition coefficient (Wildman–Crippen LogP) is 1.14. The van der Waals surface area contributed by atoms with Crippen molar-refractivity contribution >= 4 is 33.3 Å². The molecule has 2 saturated heterocycles. The lowest BCUT2D eigenvalue weighted by Gasteiger charge is -2.35. The average Bonchev–Trinajstić information content (AvgIpc) is 2.96. The van der Waals surface area contributed by atoms with Crippen LogP contribution in [0, 0.1) is 10.1 Å². The number of amides is 2. The third-order valence-corrected chi connectivity index (χ3v) is 7.28. The first-order valence-corrected chi connectivity index (χ1v) is 11.4. The molecule has 1 N–H and O–H groups in total. The molecule has 2 heterocycles. The molecule has 0 aliphatic carbocycles. The van der Waals surface area contributed by atoms with Crippen LogP contribution >= 0.6 is 0 Å². The van der Waals surface area contributed by atoms with Crippen molar-refractivity contribution in [3.63, 3.8) is 0 Å². The number of β-lactam (4-membered cyclic amide) rings is 1. The van der Waals surface area contributed by atoms with Crippen molar-refractivity contribution < 1.29 is 32.5 Å². The first-order chi connectivity index (χ1) is 15.6. The van der Waals surface area contributed by atoms with Gasteiger partial charge in [-0.3, -0.25) is 19.7 Å². The molecule has 0 saturated carbocycles. The molecule has 2 aromatic rings. The summed E-state index contributed by atoms with van der Waals surface area (Å²) in [4.78, 5) is 46.6. The summed E-state index contributed by atoms with van der Waals surface area (Å²) in [7, 11) is -3.95. The molecule has 11 nitrogen and oxygen atoms in total. The minimum absolute atomic E-state index is 0.133. The van der Waals surface area contributed by atoms with Crippen LogP contribution in [0.5, 0.6) is 0 Å². The van der Waals surface area contributed by atoms with E-state index in [0.717, 1.165) is 11.8 Å². The fourth-order valence-electron chi connectivity index (χ4n) is 3.44. The standard InChI is InChI=1S/C15H15N3O8S.C6H6/c1-8(19)16-14-13(17-11(20)6-12(17)27(14,24)25)15(21)26-7-9-2-4-10(5-3-9)18(22)23;1-2-4-6-5-3-1/h2-5,12-14H,6-7H2,1H3,(H,16,19);1-6H/t12-,13?,14?;/m1./s1. The molecule has 2 aliphatic rings. The maximum atomic E-state index is 12.5. The topological polar surface area (TPSA) is 153 Å². The molecule has 2 amide bonds. The second-order valence-corrected chi connectivity index (χ2v) is 9.53. The Hall–Kier alpha value is -3.80. The van der Waals surface area contributed by atoms with Crippen LogP contribution in [0.15, 0.2) is 60.7 Å². The number of carbonyl (C=O) groups is 3. The number of hydrogen-bond donors (Lipinski definition) is 1. The molecular weight excluding hydrogens is 454 g/mol. The van der Waals surface area contributed by atoms with Gasteiger partial charge in [0, 0.05) is 19.1 Å². The predicted molar refractivity (Wildman–Crippen MR) is 115 cm³/mol. The summed E-state index contributed by atoms with van der Waals surface area (Å²) in [5.41, 5.74) is 0.309. The number of sulfone groups is 1. The fraction of sp³-hybridized carbons (Fsp3) is 0.286. The lowest BCUT2D eigenvalue weighted by atomic mass is 10.1. The summed E-state index contributed by atoms with van der Waals surface area (Å²) >= 11 is 0. The number of hydrogen-bond acceptors (Lipinski definition) is 8. The van der Waals surface area contributed by atoms with Crippen LogP contribution in [0.3, 0.4) is 0 Å². The molecular formula is C21H21N3O8S. The minimum atomic E-state index is -3.95. The summed E-state index contributed by atoms with van der Waals surface area (Å²) in [5, 5.41) is 10.1. The largest absolute Gasteiger partial charge is 0.459 e. The van der Waals surface area contributed by atoms with Crippen LogP contribution in [-0.2, 0) is 35.6 Å². The number of rotatable bonds is 5. The number of ether oxygens (including phenoxy) is 1. The van der Waals surface area contributed by atoms with Crippen LogP contribution in [0.2, 0.25) is 0 Å². The molecule has 12 heteroatoms. The second-order valence-electron chi connectivity index (χ2n) is 7.30. The molecule has 2 fully saturated rings. The van der Waals surface area contributed by atoms with E-state index >= 15 is 0 Å². The molecule has 2 unspecified atom stereocenters. The molecule has 0 bridgehead atoms. The Morgan fingerprint density at radius 3 is 2.12 bits per heavy atom. The van der Waals surface area contributed by atoms with Crippen molar-refractivity contribution in [3.05, 3.63) is 76.3 Å². The van der Waals surface area contributed by atoms with Crippen LogP contribution < -0.4 is 5.32 Å². The van der Waals surface area contributed by atoms with Crippen LogP contribution in [0.25, 0.3) is 0 Å². The summed E-state index contributed by atoms with van der Waals surface area (Å²) in [6.07, 6.45) is -0.245. The number of fused-ring (bicyclic) bond motifs is 1. The summed E-state index contributed by atoms with van der Waals surface area (Å²) in [6.45, 7) is 0.832. The zero-order valence-corrected chi connectivity index (χ0v) is 18.3. The van der Waals surface area contributed by atoms with E-state index in [1.807, 2.05) is 36.4 Å². The van der Waals surface area contributed by atoms with E-state index in [-0.39, 0.29) is 18.7 Å². The van der Waals surface area contributed by atoms with Crippen molar-refractivity contribution in [2.45, 2.75) is 36.7 Å². The van der Waals surface area contributed by atoms with Crippen LogP contribution in [0.1, 0.15) is 18.9 Å². The molecule has 0 aromatic heterocycles. The van der Waals surface area contributed by atoms with Gasteiger partial charge in [0.25, 0.3) is 5.69 Å². The zero-order valence-electron chi connectivity index (χ0n) is 17.5. The Bertz CT molecular complexity index is 1130. The van der Waals surface area contributed by atoms with Crippen LogP contribution in [0.4, 0.5) is 5.69 Å². The van der Waals surface area contributed by atoms with E-state index in [9.17, 15) is 32.9 Å². The first kappa shape index (κ1) is 23.9. The lowest BCUT2D eigenvalue weighted by molar-refractivity contribution is -0.384. The molecule has 2 aromatic carbocycles. The highest BCUT2D eigenvalue weighted by Gasteiger charge is 2.64. The van der Waals surface area contributed by atoms with Crippen molar-refractivity contribution in [1.29, 1.82) is 0 Å². The van der Waals surface area contributed by atoms with Gasteiger partial charge in [0.1, 0.15) is 12.0 Å². The molecule has 0 radical (unpaired) electrons. The van der Waals surface area contributed by atoms with Crippen molar-refractivity contribution in [2.75, 3.05) is 0 Å². The summed E-state index contributed by atoms with van der Waals surface area (Å²) < 4.78 is 30.0. The SMILES string of the molecule is CC(=O)NC1C(C(=O)OCc2ccc([N+](=O)[O-])cc2)N2C(=O)C[C@H]2S1(=O)=O.c1ccccc1. The molecule has 4 rings (SSSR count). The number of nitro groups is 1. The van der Waals surface area contributed by atoms with Gasteiger partial charge in [-0.1, -0.05) is 36.4 Å². The van der Waals surface area contributed by atoms with E-state index in [4.69, 9.17) is 4.74 Å². The Kier molecular flexibility index (Phi) is 7.07. The van der Waals surface area contributed by atoms with Crippen molar-refractivity contribution in [1.82, 2.24) is 10.2 Å². The Balaban J connectivity index is 0.000000442. The number of benzene rings is 2. The van der Waals surface area contributed by atoms with Crippen LogP contribution in [-0.4, -0.2) is 52.8 Å². The second kappa shape index (κ2) is 9.77. The van der Waals surface area contributed by atoms with E-state index in [2.05, 4.69) is 5.32 Å². The number of nitrogens with one attached hydrogen (secondary N) is 1. The van der Waals surface area contributed by atoms with Crippen molar-refractivity contribution in [2.24, 2.45) is 0 Å². The van der Waals surface area contributed by atoms with Gasteiger partial charge >= 0.3 is 5.97 Å². The maximum Gasteiger partial charge on any atom is 0.332 e. The fourth-order valence-corrected chi connectivity index (χ4v) is 5.65. The van der Waals surface area contributed by atoms with Gasteiger partial charge in [-0.25, -0.2) is 13.2 Å². The average molecular weight is 475 g/mol. The molecule has 0 spiro atoms. The van der Waals surface area contributed by atoms with Gasteiger partial charge in [-0.2, -0.15) is 0 Å². The highest BCUT2D eigenvalue weighted by atomic mass is 32.2. The highest BCUT2D eigenvalue weighted by molar-refractivity contribution is 7.93. The quantitative estimate of drug-likeness (QED) is 0.292. The van der Waals surface area contributed by atoms with Gasteiger partial charge in [0.2, 0.25) is 11.8 Å².